The van der Waals surface area contributed by atoms with Crippen molar-refractivity contribution in [1.82, 2.24) is 4.90 Å². The van der Waals surface area contributed by atoms with Crippen molar-refractivity contribution in [1.29, 1.82) is 0 Å². The molecule has 1 aromatic carbocycles. The summed E-state index contributed by atoms with van der Waals surface area (Å²) in [5.74, 6) is 1.00. The molecule has 126 valence electrons. The number of likely N-dealkylation sites (tertiary alicyclic amines) is 1. The highest BCUT2D eigenvalue weighted by atomic mass is 16.5. The fraction of sp³-hybridized carbons (Fsp3) is 0.684. The Balaban J connectivity index is 1.50. The molecule has 5 unspecified atom stereocenters. The molecule has 1 heterocycles. The van der Waals surface area contributed by atoms with Gasteiger partial charge >= 0.3 is 0 Å². The van der Waals surface area contributed by atoms with Crippen molar-refractivity contribution in [2.24, 2.45) is 16.9 Å². The molecule has 3 aliphatic rings. The quantitative estimate of drug-likeness (QED) is 0.791. The number of nitrogens with two attached hydrogens (primary N) is 2. The van der Waals surface area contributed by atoms with E-state index in [4.69, 9.17) is 16.2 Å². The molecular weight excluding hydrogens is 286 g/mol. The molecule has 0 amide bonds. The van der Waals surface area contributed by atoms with E-state index < -0.39 is 0 Å². The van der Waals surface area contributed by atoms with Gasteiger partial charge in [0.1, 0.15) is 5.75 Å². The standard InChI is InChI=1S/C19H29N3O/c1-11-12(2)15(23-8-4-7-20)6-5-14(11)13(3)22-17-9-16(21)19(17)10-18(19)22/h5-6,13,16-18H,4,7-10,20-21H2,1-3H3. The third kappa shape index (κ3) is 1.95. The van der Waals surface area contributed by atoms with E-state index in [1.165, 1.54) is 29.5 Å². The molecule has 4 rings (SSSR count). The van der Waals surface area contributed by atoms with Gasteiger partial charge < -0.3 is 16.2 Å². The van der Waals surface area contributed by atoms with Gasteiger partial charge in [0, 0.05) is 29.6 Å². The highest BCUT2D eigenvalue weighted by Gasteiger charge is 2.81. The zero-order valence-electron chi connectivity index (χ0n) is 14.5. The van der Waals surface area contributed by atoms with Crippen LogP contribution < -0.4 is 16.2 Å². The Labute approximate surface area is 139 Å². The predicted octanol–water partition coefficient (Wildman–Crippen LogP) is 2.27. The van der Waals surface area contributed by atoms with Gasteiger partial charge in [-0.1, -0.05) is 6.07 Å². The Morgan fingerprint density at radius 3 is 2.70 bits per heavy atom. The Morgan fingerprint density at radius 2 is 2.09 bits per heavy atom. The number of ether oxygens (including phenoxy) is 1. The molecule has 23 heavy (non-hydrogen) atoms. The number of rotatable bonds is 6. The summed E-state index contributed by atoms with van der Waals surface area (Å²) in [4.78, 5) is 2.71. The van der Waals surface area contributed by atoms with Crippen LogP contribution in [0.2, 0.25) is 0 Å². The first kappa shape index (κ1) is 15.4. The van der Waals surface area contributed by atoms with Crippen LogP contribution in [0.1, 0.15) is 48.9 Å². The van der Waals surface area contributed by atoms with E-state index in [9.17, 15) is 0 Å². The van der Waals surface area contributed by atoms with Gasteiger partial charge in [-0.2, -0.15) is 0 Å². The molecular formula is C19H29N3O. The highest BCUT2D eigenvalue weighted by Crippen LogP contribution is 2.74. The van der Waals surface area contributed by atoms with E-state index in [1.807, 2.05) is 0 Å². The SMILES string of the molecule is Cc1c(OCCCN)ccc(C(C)N2C3CC(N)C34CC24)c1C. The first-order chi connectivity index (χ1) is 11.0. The van der Waals surface area contributed by atoms with Gasteiger partial charge in [0.25, 0.3) is 0 Å². The van der Waals surface area contributed by atoms with E-state index in [2.05, 4.69) is 37.8 Å². The zero-order chi connectivity index (χ0) is 16.4. The molecule has 0 bridgehead atoms. The van der Waals surface area contributed by atoms with Crippen molar-refractivity contribution in [3.05, 3.63) is 28.8 Å². The maximum Gasteiger partial charge on any atom is 0.122 e. The minimum Gasteiger partial charge on any atom is -0.493 e. The molecule has 1 aromatic rings. The van der Waals surface area contributed by atoms with Crippen LogP contribution in [0, 0.1) is 19.3 Å². The number of hydrogen-bond acceptors (Lipinski definition) is 4. The van der Waals surface area contributed by atoms with Crippen LogP contribution in [0.5, 0.6) is 5.75 Å². The van der Waals surface area contributed by atoms with Crippen LogP contribution in [0.3, 0.4) is 0 Å². The molecule has 3 fully saturated rings. The summed E-state index contributed by atoms with van der Waals surface area (Å²) in [7, 11) is 0. The highest BCUT2D eigenvalue weighted by molar-refractivity contribution is 5.46. The fourth-order valence-corrected chi connectivity index (χ4v) is 5.11. The molecule has 4 nitrogen and oxygen atoms in total. The number of nitrogens with zero attached hydrogens (tertiary/aromatic N) is 1. The zero-order valence-corrected chi connectivity index (χ0v) is 14.5. The summed E-state index contributed by atoms with van der Waals surface area (Å²) in [5, 5.41) is 0. The average Bonchev–Trinajstić information content (AvgIpc) is 3.25. The maximum atomic E-state index is 6.22. The van der Waals surface area contributed by atoms with E-state index in [0.717, 1.165) is 24.3 Å². The summed E-state index contributed by atoms with van der Waals surface area (Å²) in [5.41, 5.74) is 16.3. The summed E-state index contributed by atoms with van der Waals surface area (Å²) < 4.78 is 5.88. The van der Waals surface area contributed by atoms with Gasteiger partial charge in [-0.3, -0.25) is 4.90 Å². The van der Waals surface area contributed by atoms with Crippen molar-refractivity contribution < 1.29 is 4.74 Å². The Hall–Kier alpha value is -1.10. The third-order valence-corrected chi connectivity index (χ3v) is 6.80. The predicted molar refractivity (Wildman–Crippen MR) is 92.6 cm³/mol. The van der Waals surface area contributed by atoms with E-state index >= 15 is 0 Å². The molecule has 1 spiro atoms. The van der Waals surface area contributed by atoms with Crippen molar-refractivity contribution in [2.45, 2.75) is 64.2 Å². The minimum absolute atomic E-state index is 0.460. The molecule has 5 atom stereocenters. The number of piperidine rings is 1. The lowest BCUT2D eigenvalue weighted by Gasteiger charge is -2.61. The van der Waals surface area contributed by atoms with Gasteiger partial charge in [-0.25, -0.2) is 0 Å². The topological polar surface area (TPSA) is 64.5 Å². The molecule has 4 heteroatoms. The van der Waals surface area contributed by atoms with Crippen LogP contribution in [0.4, 0.5) is 0 Å². The molecule has 4 N–H and O–H groups in total. The lowest BCUT2D eigenvalue weighted by atomic mass is 9.64. The Kier molecular flexibility index (Phi) is 3.49. The van der Waals surface area contributed by atoms with Gasteiger partial charge in [-0.05, 0) is 69.3 Å². The van der Waals surface area contributed by atoms with Crippen LogP contribution >= 0.6 is 0 Å². The van der Waals surface area contributed by atoms with Crippen molar-refractivity contribution in [3.63, 3.8) is 0 Å². The van der Waals surface area contributed by atoms with Gasteiger partial charge in [0.15, 0.2) is 0 Å². The lowest BCUT2D eigenvalue weighted by molar-refractivity contribution is -0.105. The molecule has 0 aromatic heterocycles. The largest absolute Gasteiger partial charge is 0.493 e. The summed E-state index contributed by atoms with van der Waals surface area (Å²) in [6, 6.07) is 6.80. The van der Waals surface area contributed by atoms with Crippen molar-refractivity contribution in [3.8, 4) is 5.75 Å². The monoisotopic (exact) mass is 315 g/mol. The summed E-state index contributed by atoms with van der Waals surface area (Å²) in [6.45, 7) is 8.11. The van der Waals surface area contributed by atoms with Gasteiger partial charge in [0.2, 0.25) is 0 Å². The van der Waals surface area contributed by atoms with Crippen LogP contribution in [0.25, 0.3) is 0 Å². The number of benzene rings is 1. The summed E-state index contributed by atoms with van der Waals surface area (Å²) in [6.07, 6.45) is 3.40. The van der Waals surface area contributed by atoms with E-state index in [1.54, 1.807) is 0 Å². The van der Waals surface area contributed by atoms with Crippen molar-refractivity contribution >= 4 is 0 Å². The molecule has 1 aliphatic heterocycles. The first-order valence-electron chi connectivity index (χ1n) is 8.98. The average molecular weight is 315 g/mol. The fourth-order valence-electron chi connectivity index (χ4n) is 5.11. The Morgan fingerprint density at radius 1 is 1.30 bits per heavy atom. The smallest absolute Gasteiger partial charge is 0.122 e. The van der Waals surface area contributed by atoms with E-state index in [0.29, 0.717) is 30.7 Å². The summed E-state index contributed by atoms with van der Waals surface area (Å²) >= 11 is 0. The van der Waals surface area contributed by atoms with Crippen LogP contribution in [0.15, 0.2) is 12.1 Å². The maximum absolute atomic E-state index is 6.22. The minimum atomic E-state index is 0.460. The second kappa shape index (κ2) is 5.20. The van der Waals surface area contributed by atoms with Crippen LogP contribution in [-0.4, -0.2) is 36.2 Å². The molecule has 1 saturated heterocycles. The second-order valence-corrected chi connectivity index (χ2v) is 7.71. The molecule has 0 radical (unpaired) electrons. The van der Waals surface area contributed by atoms with E-state index in [-0.39, 0.29) is 0 Å². The Bertz CT molecular complexity index is 631. The second-order valence-electron chi connectivity index (χ2n) is 7.71. The van der Waals surface area contributed by atoms with Crippen molar-refractivity contribution in [2.75, 3.05) is 13.2 Å². The molecule has 2 saturated carbocycles. The number of hydrogen-bond donors (Lipinski definition) is 2. The first-order valence-corrected chi connectivity index (χ1v) is 8.98. The van der Waals surface area contributed by atoms with Gasteiger partial charge in [-0.15, -0.1) is 0 Å². The lowest BCUT2D eigenvalue weighted by Crippen LogP contribution is -2.71. The molecule has 2 aliphatic carbocycles. The third-order valence-electron chi connectivity index (χ3n) is 6.80. The van der Waals surface area contributed by atoms with Crippen LogP contribution in [-0.2, 0) is 0 Å². The normalized spacial score (nSPS) is 35.6. The van der Waals surface area contributed by atoms with Gasteiger partial charge in [0.05, 0.1) is 6.61 Å².